The van der Waals surface area contributed by atoms with Crippen molar-refractivity contribution < 1.29 is 14.0 Å². The second-order valence-electron chi connectivity index (χ2n) is 7.03. The minimum atomic E-state index is -0.261. The van der Waals surface area contributed by atoms with Crippen LogP contribution in [0, 0.1) is 12.7 Å². The maximum absolute atomic E-state index is 13.7. The molecule has 1 aliphatic rings. The predicted octanol–water partition coefficient (Wildman–Crippen LogP) is 3.49. The van der Waals surface area contributed by atoms with Crippen molar-refractivity contribution in [1.29, 1.82) is 0 Å². The summed E-state index contributed by atoms with van der Waals surface area (Å²) in [6.07, 6.45) is 2.20. The molecule has 1 fully saturated rings. The first-order chi connectivity index (χ1) is 13.0. The van der Waals surface area contributed by atoms with Crippen molar-refractivity contribution in [1.82, 2.24) is 10.2 Å². The maximum Gasteiger partial charge on any atom is 0.251 e. The van der Waals surface area contributed by atoms with Crippen molar-refractivity contribution in [2.24, 2.45) is 0 Å². The lowest BCUT2D eigenvalue weighted by Gasteiger charge is -2.32. The lowest BCUT2D eigenvalue weighted by atomic mass is 10.0. The molecule has 0 unspecified atom stereocenters. The van der Waals surface area contributed by atoms with Crippen LogP contribution in [0.3, 0.4) is 0 Å². The molecular weight excluding hydrogens is 343 g/mol. The van der Waals surface area contributed by atoms with Crippen LogP contribution in [0.1, 0.15) is 40.7 Å². The number of likely N-dealkylation sites (tertiary alicyclic amines) is 1. The smallest absolute Gasteiger partial charge is 0.251 e. The van der Waals surface area contributed by atoms with Gasteiger partial charge >= 0.3 is 0 Å². The summed E-state index contributed by atoms with van der Waals surface area (Å²) in [6.45, 7) is 3.16. The number of nitrogens with zero attached hydrogens (tertiary/aromatic N) is 1. The van der Waals surface area contributed by atoms with Crippen molar-refractivity contribution in [3.63, 3.8) is 0 Å². The van der Waals surface area contributed by atoms with E-state index in [1.54, 1.807) is 18.2 Å². The highest BCUT2D eigenvalue weighted by Gasteiger charge is 2.24. The highest BCUT2D eigenvalue weighted by Crippen LogP contribution is 2.15. The van der Waals surface area contributed by atoms with E-state index in [2.05, 4.69) is 5.32 Å². The molecule has 0 atom stereocenters. The van der Waals surface area contributed by atoms with Crippen LogP contribution in [-0.4, -0.2) is 35.8 Å². The van der Waals surface area contributed by atoms with E-state index in [0.717, 1.165) is 18.4 Å². The molecule has 142 valence electrons. The summed E-state index contributed by atoms with van der Waals surface area (Å²) in [4.78, 5) is 26.6. The van der Waals surface area contributed by atoms with E-state index < -0.39 is 0 Å². The lowest BCUT2D eigenvalue weighted by molar-refractivity contribution is -0.132. The van der Waals surface area contributed by atoms with Gasteiger partial charge in [0.05, 0.1) is 0 Å². The number of rotatable bonds is 5. The molecule has 2 aromatic carbocycles. The Morgan fingerprint density at radius 1 is 1.07 bits per heavy atom. The van der Waals surface area contributed by atoms with Crippen LogP contribution in [0.5, 0.6) is 0 Å². The van der Waals surface area contributed by atoms with Gasteiger partial charge in [0, 0.05) is 31.1 Å². The second-order valence-corrected chi connectivity index (χ2v) is 7.03. The summed E-state index contributed by atoms with van der Waals surface area (Å²) < 4.78 is 13.7. The zero-order chi connectivity index (χ0) is 19.2. The summed E-state index contributed by atoms with van der Waals surface area (Å²) in [5.74, 6) is -0.276. The number of benzene rings is 2. The molecular formula is C22H25FN2O2. The third-order valence-electron chi connectivity index (χ3n) is 5.14. The Hall–Kier alpha value is -2.69. The topological polar surface area (TPSA) is 49.4 Å². The van der Waals surface area contributed by atoms with E-state index in [4.69, 9.17) is 0 Å². The van der Waals surface area contributed by atoms with Gasteiger partial charge in [-0.1, -0.05) is 36.4 Å². The van der Waals surface area contributed by atoms with E-state index in [1.807, 2.05) is 36.1 Å². The van der Waals surface area contributed by atoms with Crippen molar-refractivity contribution in [2.45, 2.75) is 38.6 Å². The van der Waals surface area contributed by atoms with Crippen molar-refractivity contribution in [2.75, 3.05) is 13.1 Å². The van der Waals surface area contributed by atoms with Gasteiger partial charge in [-0.25, -0.2) is 4.39 Å². The Labute approximate surface area is 159 Å². The molecule has 0 aliphatic carbocycles. The van der Waals surface area contributed by atoms with Gasteiger partial charge in [0.1, 0.15) is 5.82 Å². The number of carbonyl (C=O) groups excluding carboxylic acids is 2. The number of hydrogen-bond acceptors (Lipinski definition) is 2. The monoisotopic (exact) mass is 368 g/mol. The zero-order valence-electron chi connectivity index (χ0n) is 15.6. The quantitative estimate of drug-likeness (QED) is 0.878. The number of halogens is 1. The van der Waals surface area contributed by atoms with E-state index >= 15 is 0 Å². The van der Waals surface area contributed by atoms with Gasteiger partial charge in [-0.2, -0.15) is 0 Å². The van der Waals surface area contributed by atoms with Crippen molar-refractivity contribution >= 4 is 11.8 Å². The largest absolute Gasteiger partial charge is 0.349 e. The Kier molecular flexibility index (Phi) is 6.22. The average molecular weight is 368 g/mol. The molecule has 0 spiro atoms. The van der Waals surface area contributed by atoms with Gasteiger partial charge in [-0.3, -0.25) is 9.59 Å². The van der Waals surface area contributed by atoms with Gasteiger partial charge in [-0.15, -0.1) is 0 Å². The molecule has 2 aromatic rings. The third kappa shape index (κ3) is 4.94. The van der Waals surface area contributed by atoms with Gasteiger partial charge in [0.25, 0.3) is 5.91 Å². The molecule has 4 nitrogen and oxygen atoms in total. The fraction of sp³-hybridized carbons (Fsp3) is 0.364. The zero-order valence-corrected chi connectivity index (χ0v) is 15.6. The minimum Gasteiger partial charge on any atom is -0.349 e. The third-order valence-corrected chi connectivity index (χ3v) is 5.14. The van der Waals surface area contributed by atoms with Crippen LogP contribution in [0.2, 0.25) is 0 Å². The van der Waals surface area contributed by atoms with Gasteiger partial charge in [0.15, 0.2) is 0 Å². The highest BCUT2D eigenvalue weighted by molar-refractivity contribution is 5.95. The average Bonchev–Trinajstić information content (AvgIpc) is 2.68. The maximum atomic E-state index is 13.7. The Morgan fingerprint density at radius 3 is 2.44 bits per heavy atom. The summed E-state index contributed by atoms with van der Waals surface area (Å²) in [7, 11) is 0. The molecule has 0 radical (unpaired) electrons. The van der Waals surface area contributed by atoms with Crippen molar-refractivity contribution in [3.05, 3.63) is 71.0 Å². The normalized spacial score (nSPS) is 14.8. The molecule has 3 rings (SSSR count). The fourth-order valence-electron chi connectivity index (χ4n) is 3.46. The number of hydrogen-bond donors (Lipinski definition) is 1. The second kappa shape index (κ2) is 8.80. The van der Waals surface area contributed by atoms with Crippen LogP contribution in [-0.2, 0) is 11.2 Å². The lowest BCUT2D eigenvalue weighted by Crippen LogP contribution is -2.46. The number of amides is 2. The summed E-state index contributed by atoms with van der Waals surface area (Å²) >= 11 is 0. The van der Waals surface area contributed by atoms with Gasteiger partial charge in [-0.05, 0) is 49.4 Å². The summed E-state index contributed by atoms with van der Waals surface area (Å²) in [5.41, 5.74) is 2.22. The van der Waals surface area contributed by atoms with Crippen LogP contribution in [0.15, 0.2) is 48.5 Å². The first-order valence-corrected chi connectivity index (χ1v) is 9.42. The molecule has 0 bridgehead atoms. The fourth-order valence-corrected chi connectivity index (χ4v) is 3.46. The Bertz CT molecular complexity index is 813. The Balaban J connectivity index is 1.46. The molecule has 27 heavy (non-hydrogen) atoms. The van der Waals surface area contributed by atoms with E-state index in [9.17, 15) is 14.0 Å². The van der Waals surface area contributed by atoms with Crippen molar-refractivity contribution in [3.8, 4) is 0 Å². The number of nitrogens with one attached hydrogen (secondary N) is 1. The standard InChI is InChI=1S/C22H25FN2O2/c1-16-6-2-4-8-19(16)22(27)24-18-12-14-25(15-13-18)21(26)11-10-17-7-3-5-9-20(17)23/h2-9,18H,10-15H2,1H3,(H,24,27). The SMILES string of the molecule is Cc1ccccc1C(=O)NC1CCN(C(=O)CCc2ccccc2F)CC1. The molecule has 5 heteroatoms. The molecule has 1 saturated heterocycles. The van der Waals surface area contributed by atoms with E-state index in [0.29, 0.717) is 37.1 Å². The molecule has 0 aromatic heterocycles. The first-order valence-electron chi connectivity index (χ1n) is 9.42. The van der Waals surface area contributed by atoms with Gasteiger partial charge in [0.2, 0.25) is 5.91 Å². The molecule has 0 saturated carbocycles. The number of aryl methyl sites for hydroxylation is 2. The highest BCUT2D eigenvalue weighted by atomic mass is 19.1. The molecule has 1 aliphatic heterocycles. The molecule has 1 heterocycles. The first kappa shape index (κ1) is 19.1. The summed E-state index contributed by atoms with van der Waals surface area (Å²) in [5, 5.41) is 3.07. The van der Waals surface area contributed by atoms with E-state index in [1.165, 1.54) is 6.07 Å². The van der Waals surface area contributed by atoms with Crippen LogP contribution >= 0.6 is 0 Å². The predicted molar refractivity (Wildman–Crippen MR) is 103 cm³/mol. The minimum absolute atomic E-state index is 0.0435. The van der Waals surface area contributed by atoms with Crippen LogP contribution in [0.4, 0.5) is 4.39 Å². The summed E-state index contributed by atoms with van der Waals surface area (Å²) in [6, 6.07) is 14.2. The Morgan fingerprint density at radius 2 is 1.74 bits per heavy atom. The van der Waals surface area contributed by atoms with Gasteiger partial charge < -0.3 is 10.2 Å². The number of piperidine rings is 1. The van der Waals surface area contributed by atoms with E-state index in [-0.39, 0.29) is 23.7 Å². The molecule has 1 N–H and O–H groups in total. The molecule has 2 amide bonds. The number of carbonyl (C=O) groups is 2. The van der Waals surface area contributed by atoms with Crippen LogP contribution < -0.4 is 5.32 Å². The van der Waals surface area contributed by atoms with Crippen LogP contribution in [0.25, 0.3) is 0 Å².